The average Bonchev–Trinajstić information content (AvgIpc) is 3.12. The summed E-state index contributed by atoms with van der Waals surface area (Å²) in [6, 6.07) is 0. The summed E-state index contributed by atoms with van der Waals surface area (Å²) in [6.45, 7) is 10.6. The minimum Gasteiger partial charge on any atom is -0.357 e. The van der Waals surface area contributed by atoms with Gasteiger partial charge >= 0.3 is 0 Å². The molecule has 0 aliphatic rings. The number of nitrogens with zero attached hydrogens (tertiary/aromatic N) is 4. The van der Waals surface area contributed by atoms with E-state index in [1.54, 1.807) is 22.7 Å². The van der Waals surface area contributed by atoms with Gasteiger partial charge in [-0.2, -0.15) is 0 Å². The van der Waals surface area contributed by atoms with Crippen LogP contribution in [0.1, 0.15) is 48.1 Å². The fourth-order valence-electron chi connectivity index (χ4n) is 2.08. The number of guanidine groups is 1. The number of aryl methyl sites for hydroxylation is 1. The van der Waals surface area contributed by atoms with Crippen LogP contribution in [0.5, 0.6) is 0 Å². The van der Waals surface area contributed by atoms with Crippen LogP contribution in [-0.2, 0) is 13.1 Å². The highest BCUT2D eigenvalue weighted by atomic mass is 127. The summed E-state index contributed by atoms with van der Waals surface area (Å²) in [5, 5.41) is 9.81. The van der Waals surface area contributed by atoms with Crippen molar-refractivity contribution in [2.24, 2.45) is 4.99 Å². The van der Waals surface area contributed by atoms with Crippen LogP contribution in [0.15, 0.2) is 15.8 Å². The molecule has 0 radical (unpaired) electrons. The largest absolute Gasteiger partial charge is 0.357 e. The van der Waals surface area contributed by atoms with Crippen molar-refractivity contribution in [3.63, 3.8) is 0 Å². The number of rotatable bonds is 6. The number of aromatic nitrogens is 2. The fraction of sp³-hybridized carbons (Fsp3) is 0.562. The van der Waals surface area contributed by atoms with Crippen molar-refractivity contribution >= 4 is 52.6 Å². The van der Waals surface area contributed by atoms with Crippen LogP contribution in [0.3, 0.4) is 0 Å². The maximum absolute atomic E-state index is 4.71. The van der Waals surface area contributed by atoms with E-state index in [2.05, 4.69) is 51.7 Å². The summed E-state index contributed by atoms with van der Waals surface area (Å²) >= 11 is 3.39. The van der Waals surface area contributed by atoms with E-state index in [1.807, 2.05) is 14.0 Å². The van der Waals surface area contributed by atoms with Crippen molar-refractivity contribution in [3.8, 4) is 0 Å². The lowest BCUT2D eigenvalue weighted by molar-refractivity contribution is 0.470. The molecular formula is C16H26IN5S2. The van der Waals surface area contributed by atoms with Crippen LogP contribution in [0.2, 0.25) is 0 Å². The first-order valence-corrected chi connectivity index (χ1v) is 9.60. The minimum atomic E-state index is 0. The van der Waals surface area contributed by atoms with E-state index in [0.717, 1.165) is 35.4 Å². The summed E-state index contributed by atoms with van der Waals surface area (Å²) in [5.41, 5.74) is 2.11. The van der Waals surface area contributed by atoms with Crippen molar-refractivity contribution < 1.29 is 0 Å². The van der Waals surface area contributed by atoms with Gasteiger partial charge in [0.15, 0.2) is 5.96 Å². The SMILES string of the molecule is CCNC(=NCc1csc(C(C)C)n1)N(C)Cc1csc(C)n1.I. The number of hydrogen-bond acceptors (Lipinski definition) is 5. The van der Waals surface area contributed by atoms with Gasteiger partial charge in [-0.3, -0.25) is 0 Å². The Hall–Kier alpha value is -0.740. The fourth-order valence-corrected chi connectivity index (χ4v) is 3.51. The van der Waals surface area contributed by atoms with Crippen molar-refractivity contribution in [3.05, 3.63) is 32.2 Å². The maximum atomic E-state index is 4.71. The van der Waals surface area contributed by atoms with E-state index in [9.17, 15) is 0 Å². The number of aliphatic imine (C=N–C) groups is 1. The van der Waals surface area contributed by atoms with Crippen LogP contribution < -0.4 is 5.32 Å². The van der Waals surface area contributed by atoms with Crippen LogP contribution in [0.4, 0.5) is 0 Å². The highest BCUT2D eigenvalue weighted by Crippen LogP contribution is 2.19. The van der Waals surface area contributed by atoms with Gasteiger partial charge < -0.3 is 10.2 Å². The summed E-state index contributed by atoms with van der Waals surface area (Å²) in [7, 11) is 2.04. The standard InChI is InChI=1S/C16H25N5S2.HI/c1-6-17-16(21(5)8-14-10-22-12(4)19-14)18-7-13-9-23-15(20-13)11(2)3;/h9-11H,6-8H2,1-5H3,(H,17,18);1H. The molecule has 2 heterocycles. The third kappa shape index (κ3) is 6.29. The predicted molar refractivity (Wildman–Crippen MR) is 115 cm³/mol. The van der Waals surface area contributed by atoms with Crippen molar-refractivity contribution in [2.45, 2.75) is 46.7 Å². The number of thiazole rings is 2. The van der Waals surface area contributed by atoms with E-state index in [0.29, 0.717) is 12.5 Å². The van der Waals surface area contributed by atoms with E-state index in [4.69, 9.17) is 4.99 Å². The Morgan fingerprint density at radius 3 is 2.50 bits per heavy atom. The monoisotopic (exact) mass is 479 g/mol. The van der Waals surface area contributed by atoms with Gasteiger partial charge in [0.2, 0.25) is 0 Å². The Balaban J connectivity index is 0.00000288. The zero-order valence-electron chi connectivity index (χ0n) is 14.9. The molecule has 2 aromatic rings. The molecule has 134 valence electrons. The van der Waals surface area contributed by atoms with Crippen molar-refractivity contribution in [2.75, 3.05) is 13.6 Å². The Kier molecular flexibility index (Phi) is 9.14. The summed E-state index contributed by atoms with van der Waals surface area (Å²) < 4.78 is 0. The van der Waals surface area contributed by atoms with Gasteiger partial charge in [0.25, 0.3) is 0 Å². The number of nitrogens with one attached hydrogen (secondary N) is 1. The third-order valence-corrected chi connectivity index (χ3v) is 5.23. The van der Waals surface area contributed by atoms with Gasteiger partial charge in [-0.25, -0.2) is 15.0 Å². The lowest BCUT2D eigenvalue weighted by atomic mass is 10.2. The Bertz CT molecular complexity index is 650. The van der Waals surface area contributed by atoms with Gasteiger partial charge in [-0.15, -0.1) is 46.7 Å². The molecule has 0 aliphatic heterocycles. The molecule has 0 unspecified atom stereocenters. The second-order valence-corrected chi connectivity index (χ2v) is 7.67. The molecular weight excluding hydrogens is 453 g/mol. The summed E-state index contributed by atoms with van der Waals surface area (Å²) in [6.07, 6.45) is 0. The molecule has 0 aromatic carbocycles. The lowest BCUT2D eigenvalue weighted by Crippen LogP contribution is -2.38. The molecule has 0 fully saturated rings. The second kappa shape index (κ2) is 10.3. The molecule has 2 rings (SSSR count). The van der Waals surface area contributed by atoms with E-state index in [-0.39, 0.29) is 24.0 Å². The molecule has 0 aliphatic carbocycles. The quantitative estimate of drug-likeness (QED) is 0.383. The molecule has 0 amide bonds. The molecule has 5 nitrogen and oxygen atoms in total. The van der Waals surface area contributed by atoms with Crippen molar-refractivity contribution in [1.82, 2.24) is 20.2 Å². The third-order valence-electron chi connectivity index (χ3n) is 3.22. The van der Waals surface area contributed by atoms with Crippen LogP contribution >= 0.6 is 46.7 Å². The van der Waals surface area contributed by atoms with Gasteiger partial charge in [-0.05, 0) is 13.8 Å². The first-order chi connectivity index (χ1) is 11.0. The molecule has 0 spiro atoms. The van der Waals surface area contributed by atoms with Gasteiger partial charge in [-0.1, -0.05) is 13.8 Å². The first kappa shape index (κ1) is 21.3. The predicted octanol–water partition coefficient (Wildman–Crippen LogP) is 4.25. The van der Waals surface area contributed by atoms with Gasteiger partial charge in [0, 0.05) is 30.3 Å². The normalized spacial score (nSPS) is 11.5. The topological polar surface area (TPSA) is 53.4 Å². The highest BCUT2D eigenvalue weighted by Gasteiger charge is 2.10. The number of halogens is 1. The summed E-state index contributed by atoms with van der Waals surface area (Å²) in [5.74, 6) is 1.36. The second-order valence-electron chi connectivity index (χ2n) is 5.72. The molecule has 0 bridgehead atoms. The van der Waals surface area contributed by atoms with Gasteiger partial charge in [0.05, 0.1) is 34.5 Å². The Morgan fingerprint density at radius 1 is 1.25 bits per heavy atom. The minimum absolute atomic E-state index is 0. The maximum Gasteiger partial charge on any atom is 0.194 e. The van der Waals surface area contributed by atoms with E-state index >= 15 is 0 Å². The molecule has 0 saturated carbocycles. The molecule has 8 heteroatoms. The zero-order valence-corrected chi connectivity index (χ0v) is 18.8. The highest BCUT2D eigenvalue weighted by molar-refractivity contribution is 14.0. The smallest absolute Gasteiger partial charge is 0.194 e. The van der Waals surface area contributed by atoms with E-state index in [1.165, 1.54) is 5.01 Å². The number of hydrogen-bond donors (Lipinski definition) is 1. The molecule has 1 N–H and O–H groups in total. The first-order valence-electron chi connectivity index (χ1n) is 7.84. The average molecular weight is 479 g/mol. The van der Waals surface area contributed by atoms with Crippen LogP contribution in [-0.4, -0.2) is 34.4 Å². The lowest BCUT2D eigenvalue weighted by Gasteiger charge is -2.21. The van der Waals surface area contributed by atoms with Gasteiger partial charge in [0.1, 0.15) is 0 Å². The van der Waals surface area contributed by atoms with Crippen LogP contribution in [0.25, 0.3) is 0 Å². The molecule has 0 saturated heterocycles. The van der Waals surface area contributed by atoms with Crippen LogP contribution in [0, 0.1) is 6.92 Å². The Labute approximate surface area is 169 Å². The zero-order chi connectivity index (χ0) is 16.8. The van der Waals surface area contributed by atoms with E-state index < -0.39 is 0 Å². The molecule has 0 atom stereocenters. The summed E-state index contributed by atoms with van der Waals surface area (Å²) in [4.78, 5) is 16.0. The molecule has 24 heavy (non-hydrogen) atoms. The Morgan fingerprint density at radius 2 is 1.96 bits per heavy atom. The molecule has 2 aromatic heterocycles. The van der Waals surface area contributed by atoms with Crippen molar-refractivity contribution in [1.29, 1.82) is 0 Å².